The van der Waals surface area contributed by atoms with Crippen molar-refractivity contribution in [2.75, 3.05) is 75.2 Å². The number of fused-ring (bicyclic) bond motifs is 2. The Labute approximate surface area is 373 Å². The first-order valence-corrected chi connectivity index (χ1v) is 22.2. The smallest absolute Gasteiger partial charge is 0.426 e. The van der Waals surface area contributed by atoms with Crippen LogP contribution in [0.15, 0.2) is 36.4 Å². The van der Waals surface area contributed by atoms with Crippen LogP contribution in [0, 0.1) is 10.8 Å². The number of piperidine rings is 2. The number of alkyl halides is 9. The van der Waals surface area contributed by atoms with Gasteiger partial charge in [-0.15, -0.1) is 0 Å². The molecule has 2 spiro atoms. The molecule has 2 aromatic rings. The Hall–Kier alpha value is -4.14. The van der Waals surface area contributed by atoms with E-state index in [1.807, 2.05) is 28.0 Å². The SMILES string of the molecule is CC(=O)N1CCCc2cccc(CN3CC4(CCN(C(=O)OC(C(F)(F)F)C(F)(F)F)CC4)C3)c21.CC(=O)N1CCCc2cccc(CN3CC4(CCNCC4)C3)c21.CC(O)C(F)(F)F. The van der Waals surface area contributed by atoms with Gasteiger partial charge in [-0.3, -0.25) is 19.4 Å². The van der Waals surface area contributed by atoms with E-state index in [1.54, 1.807) is 13.8 Å². The number of carbonyl (C=O) groups is 3. The number of hydrogen-bond acceptors (Lipinski definition) is 8. The first-order chi connectivity index (χ1) is 30.4. The Balaban J connectivity index is 0.000000199. The van der Waals surface area contributed by atoms with Gasteiger partial charge in [-0.1, -0.05) is 36.4 Å². The maximum atomic E-state index is 12.7. The first-order valence-electron chi connectivity index (χ1n) is 22.2. The molecule has 362 valence electrons. The summed E-state index contributed by atoms with van der Waals surface area (Å²) in [6.07, 6.45) is -16.3. The van der Waals surface area contributed by atoms with Gasteiger partial charge < -0.3 is 29.9 Å². The lowest BCUT2D eigenvalue weighted by molar-refractivity contribution is -0.308. The number of anilines is 2. The van der Waals surface area contributed by atoms with Crippen LogP contribution in [0.4, 0.5) is 55.7 Å². The lowest BCUT2D eigenvalue weighted by atomic mass is 9.72. The second-order valence-electron chi connectivity index (χ2n) is 18.5. The molecule has 11 nitrogen and oxygen atoms in total. The lowest BCUT2D eigenvalue weighted by Crippen LogP contribution is -2.60. The monoisotopic (exact) mass is 934 g/mol. The van der Waals surface area contributed by atoms with Crippen LogP contribution in [0.2, 0.25) is 0 Å². The minimum atomic E-state index is -5.73. The molecule has 4 fully saturated rings. The largest absolute Gasteiger partial charge is 0.434 e. The highest BCUT2D eigenvalue weighted by atomic mass is 19.4. The molecule has 0 bridgehead atoms. The summed E-state index contributed by atoms with van der Waals surface area (Å²) < 4.78 is 113. The lowest BCUT2D eigenvalue weighted by Gasteiger charge is -2.54. The van der Waals surface area contributed by atoms with Gasteiger partial charge in [0.1, 0.15) is 6.10 Å². The van der Waals surface area contributed by atoms with Crippen molar-refractivity contribution in [1.29, 1.82) is 0 Å². The average molecular weight is 935 g/mol. The van der Waals surface area contributed by atoms with Crippen molar-refractivity contribution >= 4 is 29.3 Å². The van der Waals surface area contributed by atoms with Crippen LogP contribution in [0.25, 0.3) is 0 Å². The topological polar surface area (TPSA) is 109 Å². The number of amides is 3. The third-order valence-electron chi connectivity index (χ3n) is 13.4. The molecular weight excluding hydrogens is 876 g/mol. The van der Waals surface area contributed by atoms with Crippen molar-refractivity contribution in [1.82, 2.24) is 20.0 Å². The molecule has 0 radical (unpaired) electrons. The Bertz CT molecular complexity index is 1970. The molecule has 1 atom stereocenters. The summed E-state index contributed by atoms with van der Waals surface area (Å²) in [5, 5.41) is 11.2. The molecule has 2 N–H and O–H groups in total. The number of likely N-dealkylation sites (tertiary alicyclic amines) is 3. The molecule has 8 rings (SSSR count). The van der Waals surface area contributed by atoms with Crippen LogP contribution in [0.5, 0.6) is 0 Å². The van der Waals surface area contributed by atoms with Crippen LogP contribution in [-0.2, 0) is 40.3 Å². The summed E-state index contributed by atoms with van der Waals surface area (Å²) in [5.74, 6) is 0.174. The molecule has 3 amide bonds. The summed E-state index contributed by atoms with van der Waals surface area (Å²) in [7, 11) is 0. The zero-order valence-electron chi connectivity index (χ0n) is 37.0. The van der Waals surface area contributed by atoms with Crippen molar-refractivity contribution in [3.8, 4) is 0 Å². The van der Waals surface area contributed by atoms with E-state index in [0.29, 0.717) is 51.4 Å². The predicted molar refractivity (Wildman–Crippen MR) is 224 cm³/mol. The van der Waals surface area contributed by atoms with Gasteiger partial charge in [0.15, 0.2) is 0 Å². The zero-order valence-corrected chi connectivity index (χ0v) is 37.0. The summed E-state index contributed by atoms with van der Waals surface area (Å²) in [4.78, 5) is 45.7. The number of aliphatic hydroxyl groups excluding tert-OH is 1. The third kappa shape index (κ3) is 12.3. The second kappa shape index (κ2) is 20.0. The Morgan fingerprint density at radius 3 is 1.43 bits per heavy atom. The summed E-state index contributed by atoms with van der Waals surface area (Å²) in [5.41, 5.74) is 7.48. The minimum absolute atomic E-state index is 0.00368. The van der Waals surface area contributed by atoms with Gasteiger partial charge in [-0.25, -0.2) is 4.79 Å². The number of aryl methyl sites for hydroxylation is 2. The highest BCUT2D eigenvalue weighted by Gasteiger charge is 2.60. The van der Waals surface area contributed by atoms with Crippen LogP contribution < -0.4 is 15.1 Å². The van der Waals surface area contributed by atoms with E-state index >= 15 is 0 Å². The first kappa shape index (κ1) is 50.3. The fourth-order valence-electron chi connectivity index (χ4n) is 10.1. The second-order valence-corrected chi connectivity index (χ2v) is 18.5. The molecule has 65 heavy (non-hydrogen) atoms. The molecule has 6 heterocycles. The number of aliphatic hydroxyl groups is 1. The van der Waals surface area contributed by atoms with E-state index in [-0.39, 0.29) is 30.3 Å². The highest BCUT2D eigenvalue weighted by Crippen LogP contribution is 2.44. The predicted octanol–water partition coefficient (Wildman–Crippen LogP) is 7.61. The number of para-hydroxylation sites is 2. The maximum Gasteiger partial charge on any atom is 0.434 e. The molecule has 6 aliphatic rings. The Morgan fingerprint density at radius 2 is 1.06 bits per heavy atom. The maximum absolute atomic E-state index is 12.7. The van der Waals surface area contributed by atoms with E-state index in [1.165, 1.54) is 55.8 Å². The fraction of sp³-hybridized carbons (Fsp3) is 0.667. The molecule has 0 aliphatic carbocycles. The number of hydrogen-bond donors (Lipinski definition) is 2. The van der Waals surface area contributed by atoms with Crippen molar-refractivity contribution in [3.63, 3.8) is 0 Å². The number of nitrogens with one attached hydrogen (secondary N) is 1. The van der Waals surface area contributed by atoms with Gasteiger partial charge in [0.25, 0.3) is 6.10 Å². The molecule has 0 saturated carbocycles. The molecule has 20 heteroatoms. The van der Waals surface area contributed by atoms with Gasteiger partial charge in [0.05, 0.1) is 11.4 Å². The van der Waals surface area contributed by atoms with Gasteiger partial charge in [0.2, 0.25) is 11.8 Å². The van der Waals surface area contributed by atoms with Crippen LogP contribution in [-0.4, -0.2) is 134 Å². The number of benzene rings is 2. The van der Waals surface area contributed by atoms with Gasteiger partial charge in [0, 0.05) is 79.3 Å². The summed E-state index contributed by atoms with van der Waals surface area (Å²) in [6.45, 7) is 13.4. The highest BCUT2D eigenvalue weighted by molar-refractivity contribution is 5.94. The van der Waals surface area contributed by atoms with Crippen molar-refractivity contribution < 1.29 is 63.7 Å². The van der Waals surface area contributed by atoms with Crippen LogP contribution in [0.3, 0.4) is 0 Å². The van der Waals surface area contributed by atoms with Crippen molar-refractivity contribution in [3.05, 3.63) is 58.7 Å². The van der Waals surface area contributed by atoms with Crippen molar-refractivity contribution in [2.45, 2.75) is 116 Å². The fourth-order valence-corrected chi connectivity index (χ4v) is 10.1. The van der Waals surface area contributed by atoms with E-state index < -0.39 is 36.8 Å². The number of carbonyl (C=O) groups excluding carboxylic acids is 3. The molecule has 2 aromatic carbocycles. The van der Waals surface area contributed by atoms with E-state index in [2.05, 4.69) is 38.1 Å². The minimum Gasteiger partial charge on any atom is -0.426 e. The number of halogens is 9. The van der Waals surface area contributed by atoms with Gasteiger partial charge in [-0.05, 0) is 104 Å². The molecule has 0 aromatic heterocycles. The van der Waals surface area contributed by atoms with E-state index in [9.17, 15) is 53.9 Å². The summed E-state index contributed by atoms with van der Waals surface area (Å²) >= 11 is 0. The van der Waals surface area contributed by atoms with Gasteiger partial charge in [-0.2, -0.15) is 39.5 Å². The molecular formula is C45H59F9N6O5. The van der Waals surface area contributed by atoms with E-state index in [4.69, 9.17) is 5.11 Å². The quantitative estimate of drug-likeness (QED) is 0.295. The van der Waals surface area contributed by atoms with Gasteiger partial charge >= 0.3 is 24.6 Å². The standard InChI is InChI=1S/C23H27F6N3O3.C19H27N3O.C3H5F3O/c1-15(33)32-9-3-6-16-4-2-5-17(18(16)32)12-30-13-21(14-30)7-10-31(11-8-21)20(34)35-19(22(24,25)26)23(27,28)29;1-15(23)22-11-3-6-16-4-2-5-17(18(16)22)12-21-13-19(14-21)7-9-20-10-8-19;1-2(7)3(4,5)6/h2,4-5,19H,3,6-14H2,1H3;2,4-5,20H,3,6-14H2,1H3;2,7H,1H3. The average Bonchev–Trinajstić information content (AvgIpc) is 3.21. The van der Waals surface area contributed by atoms with Crippen LogP contribution in [0.1, 0.15) is 81.5 Å². The number of ether oxygens (including phenoxy) is 1. The Morgan fingerprint density at radius 1 is 0.662 bits per heavy atom. The number of rotatable bonds is 5. The van der Waals surface area contributed by atoms with Crippen molar-refractivity contribution in [2.24, 2.45) is 10.8 Å². The third-order valence-corrected chi connectivity index (χ3v) is 13.4. The Kier molecular flexibility index (Phi) is 15.5. The van der Waals surface area contributed by atoms with Crippen LogP contribution >= 0.6 is 0 Å². The normalized spacial score (nSPS) is 21.2. The molecule has 6 aliphatic heterocycles. The molecule has 4 saturated heterocycles. The summed E-state index contributed by atoms with van der Waals surface area (Å²) in [6, 6.07) is 12.6. The zero-order chi connectivity index (χ0) is 47.5. The molecule has 1 unspecified atom stereocenters. The van der Waals surface area contributed by atoms with E-state index in [0.717, 1.165) is 60.5 Å². The number of nitrogens with zero attached hydrogens (tertiary/aromatic N) is 5.